The van der Waals surface area contributed by atoms with E-state index in [2.05, 4.69) is 5.92 Å². The van der Waals surface area contributed by atoms with Crippen LogP contribution in [0, 0.1) is 12.3 Å². The molecule has 0 aliphatic carbocycles. The lowest BCUT2D eigenvalue weighted by Gasteiger charge is -2.21. The standard InChI is InChI=1S/C13H13NO4/c1-2-6-14(7-5-13(15)16)10-3-4-11-12(8-10)18-9-17-11/h1,3-4,8H,5-7,9H2,(H,15,16). The molecule has 0 amide bonds. The van der Waals surface area contributed by atoms with Crippen LogP contribution in [-0.4, -0.2) is 31.0 Å². The largest absolute Gasteiger partial charge is 0.481 e. The van der Waals surface area contributed by atoms with E-state index >= 15 is 0 Å². The Labute approximate surface area is 105 Å². The van der Waals surface area contributed by atoms with Gasteiger partial charge in [-0.2, -0.15) is 0 Å². The van der Waals surface area contributed by atoms with E-state index < -0.39 is 5.97 Å². The third kappa shape index (κ3) is 2.66. The summed E-state index contributed by atoms with van der Waals surface area (Å²) in [5, 5.41) is 8.71. The van der Waals surface area contributed by atoms with E-state index in [1.54, 1.807) is 6.07 Å². The van der Waals surface area contributed by atoms with Crippen LogP contribution in [0.1, 0.15) is 6.42 Å². The maximum atomic E-state index is 10.6. The van der Waals surface area contributed by atoms with Gasteiger partial charge in [-0.25, -0.2) is 0 Å². The third-order valence-corrected chi connectivity index (χ3v) is 2.60. The van der Waals surface area contributed by atoms with Gasteiger partial charge in [-0.3, -0.25) is 4.79 Å². The van der Waals surface area contributed by atoms with Crippen LogP contribution < -0.4 is 14.4 Å². The van der Waals surface area contributed by atoms with Crippen LogP contribution in [0.15, 0.2) is 18.2 Å². The van der Waals surface area contributed by atoms with Crippen LogP contribution in [0.25, 0.3) is 0 Å². The molecule has 94 valence electrons. The summed E-state index contributed by atoms with van der Waals surface area (Å²) in [7, 11) is 0. The lowest BCUT2D eigenvalue weighted by molar-refractivity contribution is -0.136. The highest BCUT2D eigenvalue weighted by Crippen LogP contribution is 2.35. The van der Waals surface area contributed by atoms with Gasteiger partial charge in [0.05, 0.1) is 13.0 Å². The van der Waals surface area contributed by atoms with Gasteiger partial charge in [0.25, 0.3) is 0 Å². The Kier molecular flexibility index (Phi) is 3.58. The number of ether oxygens (including phenoxy) is 2. The molecule has 0 saturated heterocycles. The Bertz CT molecular complexity index is 492. The van der Waals surface area contributed by atoms with Crippen LogP contribution in [0.4, 0.5) is 5.69 Å². The Morgan fingerprint density at radius 3 is 2.94 bits per heavy atom. The number of hydrogen-bond donors (Lipinski definition) is 1. The zero-order chi connectivity index (χ0) is 13.0. The van der Waals surface area contributed by atoms with Crippen molar-refractivity contribution in [2.75, 3.05) is 24.8 Å². The smallest absolute Gasteiger partial charge is 0.305 e. The second-order valence-corrected chi connectivity index (χ2v) is 3.81. The molecule has 1 aromatic rings. The number of nitrogens with zero attached hydrogens (tertiary/aromatic N) is 1. The predicted octanol–water partition coefficient (Wildman–Crippen LogP) is 1.33. The Hall–Kier alpha value is -2.35. The number of terminal acetylenes is 1. The van der Waals surface area contributed by atoms with Crippen LogP contribution >= 0.6 is 0 Å². The van der Waals surface area contributed by atoms with E-state index in [0.29, 0.717) is 24.6 Å². The number of fused-ring (bicyclic) bond motifs is 1. The summed E-state index contributed by atoms with van der Waals surface area (Å²) in [6.07, 6.45) is 5.33. The minimum Gasteiger partial charge on any atom is -0.481 e. The summed E-state index contributed by atoms with van der Waals surface area (Å²) in [4.78, 5) is 12.4. The maximum absolute atomic E-state index is 10.6. The lowest BCUT2D eigenvalue weighted by atomic mass is 10.2. The highest BCUT2D eigenvalue weighted by molar-refractivity contribution is 5.68. The fraction of sp³-hybridized carbons (Fsp3) is 0.308. The van der Waals surface area contributed by atoms with E-state index in [1.807, 2.05) is 17.0 Å². The molecule has 18 heavy (non-hydrogen) atoms. The highest BCUT2D eigenvalue weighted by Gasteiger charge is 2.16. The predicted molar refractivity (Wildman–Crippen MR) is 65.9 cm³/mol. The van der Waals surface area contributed by atoms with Gasteiger partial charge < -0.3 is 19.5 Å². The van der Waals surface area contributed by atoms with Crippen LogP contribution in [-0.2, 0) is 4.79 Å². The summed E-state index contributed by atoms with van der Waals surface area (Å²) in [5.41, 5.74) is 0.832. The van der Waals surface area contributed by atoms with Crippen molar-refractivity contribution < 1.29 is 19.4 Å². The molecule has 2 rings (SSSR count). The molecule has 1 aliphatic rings. The molecule has 0 spiro atoms. The molecule has 1 heterocycles. The minimum absolute atomic E-state index is 0.0378. The van der Waals surface area contributed by atoms with Gasteiger partial charge >= 0.3 is 5.97 Å². The van der Waals surface area contributed by atoms with Crippen LogP contribution in [0.2, 0.25) is 0 Å². The van der Waals surface area contributed by atoms with E-state index in [1.165, 1.54) is 0 Å². The molecule has 0 bridgehead atoms. The summed E-state index contributed by atoms with van der Waals surface area (Å²) < 4.78 is 10.5. The number of hydrogen-bond acceptors (Lipinski definition) is 4. The molecule has 0 aromatic heterocycles. The minimum atomic E-state index is -0.849. The molecule has 0 radical (unpaired) electrons. The average Bonchev–Trinajstić information content (AvgIpc) is 2.81. The summed E-state index contributed by atoms with van der Waals surface area (Å²) in [6.45, 7) is 0.926. The van der Waals surface area contributed by atoms with E-state index in [-0.39, 0.29) is 13.2 Å². The fourth-order valence-electron chi connectivity index (χ4n) is 1.72. The second kappa shape index (κ2) is 5.32. The quantitative estimate of drug-likeness (QED) is 0.795. The van der Waals surface area contributed by atoms with Gasteiger partial charge in [0, 0.05) is 18.3 Å². The number of anilines is 1. The molecule has 0 saturated carbocycles. The molecule has 5 nitrogen and oxygen atoms in total. The molecular formula is C13H13NO4. The van der Waals surface area contributed by atoms with Gasteiger partial charge in [0.15, 0.2) is 11.5 Å². The second-order valence-electron chi connectivity index (χ2n) is 3.81. The average molecular weight is 247 g/mol. The van der Waals surface area contributed by atoms with Gasteiger partial charge in [-0.1, -0.05) is 5.92 Å². The van der Waals surface area contributed by atoms with Crippen molar-refractivity contribution in [2.45, 2.75) is 6.42 Å². The van der Waals surface area contributed by atoms with Gasteiger partial charge in [0.2, 0.25) is 6.79 Å². The zero-order valence-electron chi connectivity index (χ0n) is 9.76. The first-order chi connectivity index (χ1) is 8.70. The molecule has 0 atom stereocenters. The van der Waals surface area contributed by atoms with Crippen molar-refractivity contribution in [3.05, 3.63) is 18.2 Å². The topological polar surface area (TPSA) is 59.0 Å². The van der Waals surface area contributed by atoms with E-state index in [0.717, 1.165) is 5.69 Å². The molecule has 0 unspecified atom stereocenters. The molecule has 5 heteroatoms. The van der Waals surface area contributed by atoms with Gasteiger partial charge in [-0.05, 0) is 12.1 Å². The monoisotopic (exact) mass is 247 g/mol. The first kappa shape index (κ1) is 12.1. The van der Waals surface area contributed by atoms with Crippen molar-refractivity contribution >= 4 is 11.7 Å². The number of rotatable bonds is 5. The Morgan fingerprint density at radius 2 is 2.22 bits per heavy atom. The number of carbonyl (C=O) groups is 1. The Morgan fingerprint density at radius 1 is 1.44 bits per heavy atom. The first-order valence-corrected chi connectivity index (χ1v) is 5.50. The molecule has 0 fully saturated rings. The normalized spacial score (nSPS) is 11.9. The first-order valence-electron chi connectivity index (χ1n) is 5.50. The van der Waals surface area contributed by atoms with Crippen molar-refractivity contribution in [2.24, 2.45) is 0 Å². The number of carboxylic acid groups (broad SMARTS) is 1. The zero-order valence-corrected chi connectivity index (χ0v) is 9.76. The molecule has 1 aromatic carbocycles. The molecule has 1 aliphatic heterocycles. The molecule has 1 N–H and O–H groups in total. The SMILES string of the molecule is C#CCN(CCC(=O)O)c1ccc2c(c1)OCO2. The highest BCUT2D eigenvalue weighted by atomic mass is 16.7. The van der Waals surface area contributed by atoms with Gasteiger partial charge in [0.1, 0.15) is 0 Å². The van der Waals surface area contributed by atoms with Crippen LogP contribution in [0.3, 0.4) is 0 Å². The van der Waals surface area contributed by atoms with Crippen molar-refractivity contribution in [1.82, 2.24) is 0 Å². The van der Waals surface area contributed by atoms with Crippen molar-refractivity contribution in [1.29, 1.82) is 0 Å². The lowest BCUT2D eigenvalue weighted by Crippen LogP contribution is -2.26. The summed E-state index contributed by atoms with van der Waals surface area (Å²) >= 11 is 0. The van der Waals surface area contributed by atoms with Crippen LogP contribution in [0.5, 0.6) is 11.5 Å². The maximum Gasteiger partial charge on any atom is 0.305 e. The molecular weight excluding hydrogens is 234 g/mol. The number of aliphatic carboxylic acids is 1. The van der Waals surface area contributed by atoms with Crippen molar-refractivity contribution in [3.8, 4) is 23.8 Å². The third-order valence-electron chi connectivity index (χ3n) is 2.60. The fourth-order valence-corrected chi connectivity index (χ4v) is 1.72. The Balaban J connectivity index is 2.15. The van der Waals surface area contributed by atoms with Gasteiger partial charge in [-0.15, -0.1) is 6.42 Å². The summed E-state index contributed by atoms with van der Waals surface area (Å²) in [6, 6.07) is 5.44. The van der Waals surface area contributed by atoms with E-state index in [4.69, 9.17) is 21.0 Å². The number of carboxylic acids is 1. The number of benzene rings is 1. The summed E-state index contributed by atoms with van der Waals surface area (Å²) in [5.74, 6) is 3.02. The van der Waals surface area contributed by atoms with E-state index in [9.17, 15) is 4.79 Å². The van der Waals surface area contributed by atoms with Crippen molar-refractivity contribution in [3.63, 3.8) is 0 Å².